The molecule has 15 heavy (non-hydrogen) atoms. The van der Waals surface area contributed by atoms with E-state index in [1.807, 2.05) is 6.92 Å². The predicted octanol–water partition coefficient (Wildman–Crippen LogP) is 2.04. The van der Waals surface area contributed by atoms with Gasteiger partial charge in [-0.05, 0) is 25.5 Å². The second-order valence-corrected chi connectivity index (χ2v) is 5.00. The highest BCUT2D eigenvalue weighted by Gasteiger charge is 2.02. The molecule has 0 aromatic carbocycles. The van der Waals surface area contributed by atoms with E-state index in [0.29, 0.717) is 5.84 Å². The number of amidine groups is 1. The lowest BCUT2D eigenvalue weighted by Crippen LogP contribution is -2.10. The van der Waals surface area contributed by atoms with E-state index in [9.17, 15) is 5.11 Å². The lowest BCUT2D eigenvalue weighted by molar-refractivity contribution is 0.185. The standard InChI is InChI=1S/C11H24N2OS/c1-3-15-9-11(14)7-5-4-6-8-13-10(2)12/h11,14H,3-9H2,1-2H3,(H2,12,13). The second-order valence-electron chi connectivity index (χ2n) is 3.69. The third-order valence-electron chi connectivity index (χ3n) is 2.07. The van der Waals surface area contributed by atoms with Crippen LogP contribution in [-0.4, -0.2) is 35.1 Å². The summed E-state index contributed by atoms with van der Waals surface area (Å²) in [6.45, 7) is 4.75. The number of thioether (sulfide) groups is 1. The smallest absolute Gasteiger partial charge is 0.0905 e. The molecule has 0 bridgehead atoms. The van der Waals surface area contributed by atoms with E-state index in [4.69, 9.17) is 5.73 Å². The van der Waals surface area contributed by atoms with Gasteiger partial charge in [0.2, 0.25) is 0 Å². The molecule has 0 amide bonds. The molecule has 1 atom stereocenters. The molecule has 0 rings (SSSR count). The molecule has 3 nitrogen and oxygen atoms in total. The molecule has 0 saturated carbocycles. The monoisotopic (exact) mass is 232 g/mol. The summed E-state index contributed by atoms with van der Waals surface area (Å²) in [5, 5.41) is 9.56. The summed E-state index contributed by atoms with van der Waals surface area (Å²) in [7, 11) is 0. The summed E-state index contributed by atoms with van der Waals surface area (Å²) in [5.41, 5.74) is 5.42. The molecule has 0 aliphatic carbocycles. The van der Waals surface area contributed by atoms with E-state index in [1.165, 1.54) is 0 Å². The molecule has 0 heterocycles. The fourth-order valence-corrected chi connectivity index (χ4v) is 1.94. The molecular weight excluding hydrogens is 208 g/mol. The molecule has 3 N–H and O–H groups in total. The fraction of sp³-hybridized carbons (Fsp3) is 0.909. The van der Waals surface area contributed by atoms with E-state index in [2.05, 4.69) is 11.9 Å². The van der Waals surface area contributed by atoms with E-state index >= 15 is 0 Å². The SMILES string of the molecule is CCSCC(O)CCCCCN=C(C)N. The van der Waals surface area contributed by atoms with Crippen molar-refractivity contribution in [3.8, 4) is 0 Å². The second kappa shape index (κ2) is 10.3. The molecule has 0 aliphatic rings. The van der Waals surface area contributed by atoms with Gasteiger partial charge in [0.1, 0.15) is 0 Å². The Hall–Kier alpha value is -0.220. The molecule has 0 saturated heterocycles. The van der Waals surface area contributed by atoms with Gasteiger partial charge in [-0.3, -0.25) is 4.99 Å². The van der Waals surface area contributed by atoms with Gasteiger partial charge in [-0.1, -0.05) is 19.8 Å². The minimum Gasteiger partial charge on any atom is -0.392 e. The number of nitrogens with zero attached hydrogens (tertiary/aromatic N) is 1. The van der Waals surface area contributed by atoms with Crippen LogP contribution in [0.15, 0.2) is 4.99 Å². The Balaban J connectivity index is 3.19. The van der Waals surface area contributed by atoms with Gasteiger partial charge in [0.25, 0.3) is 0 Å². The summed E-state index contributed by atoms with van der Waals surface area (Å²) >= 11 is 1.80. The van der Waals surface area contributed by atoms with Crippen molar-refractivity contribution in [1.29, 1.82) is 0 Å². The molecule has 1 unspecified atom stereocenters. The third kappa shape index (κ3) is 11.7. The maximum Gasteiger partial charge on any atom is 0.0905 e. The first-order valence-corrected chi connectivity index (χ1v) is 6.84. The van der Waals surface area contributed by atoms with Crippen molar-refractivity contribution in [3.63, 3.8) is 0 Å². The molecule has 4 heteroatoms. The first-order chi connectivity index (χ1) is 7.16. The van der Waals surface area contributed by atoms with Crippen LogP contribution in [0.25, 0.3) is 0 Å². The first kappa shape index (κ1) is 14.8. The highest BCUT2D eigenvalue weighted by Crippen LogP contribution is 2.09. The van der Waals surface area contributed by atoms with Crippen LogP contribution in [0, 0.1) is 0 Å². The molecule has 90 valence electrons. The minimum atomic E-state index is -0.130. The zero-order valence-electron chi connectivity index (χ0n) is 9.91. The van der Waals surface area contributed by atoms with Crippen LogP contribution in [-0.2, 0) is 0 Å². The number of nitrogens with two attached hydrogens (primary N) is 1. The van der Waals surface area contributed by atoms with Gasteiger partial charge in [0, 0.05) is 12.3 Å². The van der Waals surface area contributed by atoms with Gasteiger partial charge in [0.05, 0.1) is 11.9 Å². The number of aliphatic hydroxyl groups is 1. The van der Waals surface area contributed by atoms with Gasteiger partial charge in [-0.15, -0.1) is 0 Å². The van der Waals surface area contributed by atoms with Crippen LogP contribution in [0.4, 0.5) is 0 Å². The molecule has 0 aromatic rings. The zero-order valence-corrected chi connectivity index (χ0v) is 10.7. The Morgan fingerprint density at radius 2 is 2.13 bits per heavy atom. The molecule has 0 spiro atoms. The number of aliphatic imine (C=N–C) groups is 1. The van der Waals surface area contributed by atoms with E-state index in [1.54, 1.807) is 11.8 Å². The van der Waals surface area contributed by atoms with Crippen LogP contribution in [0.5, 0.6) is 0 Å². The van der Waals surface area contributed by atoms with Gasteiger partial charge >= 0.3 is 0 Å². The maximum atomic E-state index is 9.56. The van der Waals surface area contributed by atoms with Crippen LogP contribution in [0.2, 0.25) is 0 Å². The molecule has 0 aromatic heterocycles. The normalized spacial score (nSPS) is 14.2. The Labute approximate surface area is 97.5 Å². The van der Waals surface area contributed by atoms with Crippen molar-refractivity contribution in [2.75, 3.05) is 18.1 Å². The van der Waals surface area contributed by atoms with Crippen molar-refractivity contribution in [1.82, 2.24) is 0 Å². The number of unbranched alkanes of at least 4 members (excludes halogenated alkanes) is 2. The Morgan fingerprint density at radius 1 is 1.40 bits per heavy atom. The average molecular weight is 232 g/mol. The van der Waals surface area contributed by atoms with Crippen molar-refractivity contribution in [2.45, 2.75) is 45.6 Å². The summed E-state index contributed by atoms with van der Waals surface area (Å²) in [4.78, 5) is 4.12. The molecular formula is C11H24N2OS. The van der Waals surface area contributed by atoms with Crippen molar-refractivity contribution in [3.05, 3.63) is 0 Å². The van der Waals surface area contributed by atoms with Gasteiger partial charge in [-0.25, -0.2) is 0 Å². The van der Waals surface area contributed by atoms with Gasteiger partial charge < -0.3 is 10.8 Å². The molecule has 0 aliphatic heterocycles. The van der Waals surface area contributed by atoms with Crippen LogP contribution >= 0.6 is 11.8 Å². The highest BCUT2D eigenvalue weighted by atomic mass is 32.2. The third-order valence-corrected chi connectivity index (χ3v) is 3.10. The number of hydrogen-bond donors (Lipinski definition) is 2. The lowest BCUT2D eigenvalue weighted by Gasteiger charge is -2.08. The van der Waals surface area contributed by atoms with E-state index in [-0.39, 0.29) is 6.10 Å². The summed E-state index contributed by atoms with van der Waals surface area (Å²) in [5.74, 6) is 2.62. The summed E-state index contributed by atoms with van der Waals surface area (Å²) in [6.07, 6.45) is 4.07. The van der Waals surface area contributed by atoms with E-state index in [0.717, 1.165) is 43.7 Å². The Kier molecular flexibility index (Phi) is 10.2. The first-order valence-electron chi connectivity index (χ1n) is 5.69. The van der Waals surface area contributed by atoms with Crippen LogP contribution < -0.4 is 5.73 Å². The van der Waals surface area contributed by atoms with Crippen molar-refractivity contribution < 1.29 is 5.11 Å². The average Bonchev–Trinajstić information content (AvgIpc) is 2.19. The number of rotatable bonds is 9. The van der Waals surface area contributed by atoms with Crippen molar-refractivity contribution >= 4 is 17.6 Å². The topological polar surface area (TPSA) is 58.6 Å². The lowest BCUT2D eigenvalue weighted by atomic mass is 10.1. The zero-order chi connectivity index (χ0) is 11.5. The van der Waals surface area contributed by atoms with E-state index < -0.39 is 0 Å². The highest BCUT2D eigenvalue weighted by molar-refractivity contribution is 7.99. The van der Waals surface area contributed by atoms with Crippen molar-refractivity contribution in [2.24, 2.45) is 10.7 Å². The summed E-state index contributed by atoms with van der Waals surface area (Å²) in [6, 6.07) is 0. The molecule has 0 fully saturated rings. The minimum absolute atomic E-state index is 0.130. The van der Waals surface area contributed by atoms with Gasteiger partial charge in [0.15, 0.2) is 0 Å². The maximum absolute atomic E-state index is 9.56. The molecule has 0 radical (unpaired) electrons. The number of hydrogen-bond acceptors (Lipinski definition) is 3. The quantitative estimate of drug-likeness (QED) is 0.363. The largest absolute Gasteiger partial charge is 0.392 e. The predicted molar refractivity (Wildman–Crippen MR) is 69.6 cm³/mol. The van der Waals surface area contributed by atoms with Crippen LogP contribution in [0.3, 0.4) is 0 Å². The summed E-state index contributed by atoms with van der Waals surface area (Å²) < 4.78 is 0. The fourth-order valence-electron chi connectivity index (χ4n) is 1.26. The Bertz CT molecular complexity index is 170. The number of aliphatic hydroxyl groups excluding tert-OH is 1. The Morgan fingerprint density at radius 3 is 2.73 bits per heavy atom. The van der Waals surface area contributed by atoms with Gasteiger partial charge in [-0.2, -0.15) is 11.8 Å². The van der Waals surface area contributed by atoms with Crippen LogP contribution in [0.1, 0.15) is 39.5 Å².